The Kier molecular flexibility index (Phi) is 3.79. The number of carboxylic acid groups (broad SMARTS) is 1. The van der Waals surface area contributed by atoms with Gasteiger partial charge in [0.05, 0.1) is 17.3 Å². The summed E-state index contributed by atoms with van der Waals surface area (Å²) in [4.78, 5) is 28.7. The predicted octanol–water partition coefficient (Wildman–Crippen LogP) is 2.49. The van der Waals surface area contributed by atoms with E-state index in [1.807, 2.05) is 0 Å². The lowest BCUT2D eigenvalue weighted by Gasteiger charge is -2.09. The molecule has 0 aliphatic rings. The highest BCUT2D eigenvalue weighted by atomic mass is 16.6. The van der Waals surface area contributed by atoms with Crippen LogP contribution in [0.4, 0.5) is 5.69 Å². The highest BCUT2D eigenvalue weighted by Gasteiger charge is 2.15. The molecule has 0 spiro atoms. The molecule has 0 unspecified atom stereocenters. The molecule has 0 radical (unpaired) electrons. The molecule has 8 nitrogen and oxygen atoms in total. The Balaban J connectivity index is 2.36. The van der Waals surface area contributed by atoms with Crippen LogP contribution in [0.15, 0.2) is 24.5 Å². The summed E-state index contributed by atoms with van der Waals surface area (Å²) < 4.78 is 5.46. The second-order valence-corrected chi connectivity index (χ2v) is 4.31. The molecule has 2 rings (SSSR count). The molecule has 1 heterocycles. The molecule has 0 bridgehead atoms. The fourth-order valence-corrected chi connectivity index (χ4v) is 1.69. The minimum Gasteiger partial charge on any atom is -0.476 e. The summed E-state index contributed by atoms with van der Waals surface area (Å²) in [6.45, 7) is 3.24. The smallest absolute Gasteiger partial charge is 0.356 e. The zero-order chi connectivity index (χ0) is 15.6. The lowest BCUT2D eigenvalue weighted by atomic mass is 10.1. The number of aromatic carboxylic acids is 1. The molecule has 1 N–H and O–H groups in total. The second-order valence-electron chi connectivity index (χ2n) is 4.31. The first-order valence-corrected chi connectivity index (χ1v) is 5.87. The molecule has 108 valence electrons. The van der Waals surface area contributed by atoms with E-state index in [4.69, 9.17) is 9.84 Å². The standard InChI is InChI=1S/C13H11N3O5/c1-7-4-11(8(2)3-10(7)16(19)20)21-12-6-14-5-9(15-12)13(17)18/h3-6H,1-2H3,(H,17,18). The van der Waals surface area contributed by atoms with Crippen LogP contribution in [0.2, 0.25) is 0 Å². The summed E-state index contributed by atoms with van der Waals surface area (Å²) in [5.41, 5.74) is 0.715. The molecule has 0 amide bonds. The number of aromatic nitrogens is 2. The molecule has 1 aromatic carbocycles. The molecule has 8 heteroatoms. The molecular formula is C13H11N3O5. The number of nitro groups is 1. The van der Waals surface area contributed by atoms with Crippen LogP contribution in [0.3, 0.4) is 0 Å². The van der Waals surface area contributed by atoms with Gasteiger partial charge in [-0.15, -0.1) is 0 Å². The van der Waals surface area contributed by atoms with Crippen molar-refractivity contribution >= 4 is 11.7 Å². The highest BCUT2D eigenvalue weighted by Crippen LogP contribution is 2.30. The number of rotatable bonds is 4. The van der Waals surface area contributed by atoms with Gasteiger partial charge in [-0.1, -0.05) is 0 Å². The van der Waals surface area contributed by atoms with Crippen molar-refractivity contribution in [3.05, 3.63) is 51.5 Å². The van der Waals surface area contributed by atoms with Crippen LogP contribution < -0.4 is 4.74 Å². The zero-order valence-corrected chi connectivity index (χ0v) is 11.2. The second kappa shape index (κ2) is 5.53. The largest absolute Gasteiger partial charge is 0.476 e. The zero-order valence-electron chi connectivity index (χ0n) is 11.2. The maximum absolute atomic E-state index is 10.8. The predicted molar refractivity (Wildman–Crippen MR) is 71.6 cm³/mol. The third-order valence-electron chi connectivity index (χ3n) is 2.74. The Bertz CT molecular complexity index is 730. The van der Waals surface area contributed by atoms with Crippen molar-refractivity contribution in [2.75, 3.05) is 0 Å². The normalized spacial score (nSPS) is 10.2. The number of nitro benzene ring substituents is 1. The first-order valence-electron chi connectivity index (χ1n) is 5.87. The van der Waals surface area contributed by atoms with Crippen LogP contribution >= 0.6 is 0 Å². The fraction of sp³-hybridized carbons (Fsp3) is 0.154. The first kappa shape index (κ1) is 14.4. The Labute approximate surface area is 119 Å². The van der Waals surface area contributed by atoms with Crippen LogP contribution in [0.25, 0.3) is 0 Å². The Morgan fingerprint density at radius 3 is 2.62 bits per heavy atom. The third kappa shape index (κ3) is 3.11. The van der Waals surface area contributed by atoms with Crippen LogP contribution in [-0.2, 0) is 0 Å². The molecule has 0 fully saturated rings. The lowest BCUT2D eigenvalue weighted by Crippen LogP contribution is -2.03. The van der Waals surface area contributed by atoms with Crippen LogP contribution in [-0.4, -0.2) is 26.0 Å². The fourth-order valence-electron chi connectivity index (χ4n) is 1.69. The van der Waals surface area contributed by atoms with E-state index >= 15 is 0 Å². The van der Waals surface area contributed by atoms with Crippen molar-refractivity contribution in [3.63, 3.8) is 0 Å². The summed E-state index contributed by atoms with van der Waals surface area (Å²) in [5.74, 6) is -0.856. The first-order chi connectivity index (χ1) is 9.88. The van der Waals surface area contributed by atoms with Gasteiger partial charge in [-0.3, -0.25) is 15.1 Å². The number of aryl methyl sites for hydroxylation is 2. The lowest BCUT2D eigenvalue weighted by molar-refractivity contribution is -0.385. The van der Waals surface area contributed by atoms with E-state index in [1.54, 1.807) is 13.8 Å². The Morgan fingerprint density at radius 2 is 2.00 bits per heavy atom. The summed E-state index contributed by atoms with van der Waals surface area (Å²) in [6, 6.07) is 2.89. The van der Waals surface area contributed by atoms with Gasteiger partial charge in [0.25, 0.3) is 5.69 Å². The van der Waals surface area contributed by atoms with Crippen LogP contribution in [0, 0.1) is 24.0 Å². The average Bonchev–Trinajstić information content (AvgIpc) is 2.42. The van der Waals surface area contributed by atoms with Crippen LogP contribution in [0.5, 0.6) is 11.6 Å². The minimum absolute atomic E-state index is 0.00579. The quantitative estimate of drug-likeness (QED) is 0.678. The molecule has 2 aromatic rings. The van der Waals surface area contributed by atoms with E-state index in [9.17, 15) is 14.9 Å². The number of carbonyl (C=O) groups is 1. The van der Waals surface area contributed by atoms with Gasteiger partial charge in [-0.25, -0.2) is 9.78 Å². The number of carboxylic acids is 1. The van der Waals surface area contributed by atoms with Crippen molar-refractivity contribution < 1.29 is 19.6 Å². The summed E-state index contributed by atoms with van der Waals surface area (Å²) in [5, 5.41) is 19.7. The van der Waals surface area contributed by atoms with Gasteiger partial charge in [-0.2, -0.15) is 0 Å². The maximum atomic E-state index is 10.8. The van der Waals surface area contributed by atoms with E-state index in [0.29, 0.717) is 16.9 Å². The molecule has 0 aliphatic heterocycles. The van der Waals surface area contributed by atoms with Gasteiger partial charge < -0.3 is 9.84 Å². The molecule has 0 saturated carbocycles. The number of hydrogen-bond donors (Lipinski definition) is 1. The number of hydrogen-bond acceptors (Lipinski definition) is 6. The third-order valence-corrected chi connectivity index (χ3v) is 2.74. The number of benzene rings is 1. The van der Waals surface area contributed by atoms with Crippen molar-refractivity contribution in [2.45, 2.75) is 13.8 Å². The van der Waals surface area contributed by atoms with Gasteiger partial charge in [0, 0.05) is 11.6 Å². The van der Waals surface area contributed by atoms with E-state index in [1.165, 1.54) is 18.3 Å². The molecule has 0 aliphatic carbocycles. The monoisotopic (exact) mass is 289 g/mol. The van der Waals surface area contributed by atoms with Gasteiger partial charge in [0.15, 0.2) is 5.69 Å². The van der Waals surface area contributed by atoms with Gasteiger partial charge >= 0.3 is 5.97 Å². The van der Waals surface area contributed by atoms with Crippen molar-refractivity contribution in [3.8, 4) is 11.6 Å². The van der Waals surface area contributed by atoms with Crippen LogP contribution in [0.1, 0.15) is 21.6 Å². The summed E-state index contributed by atoms with van der Waals surface area (Å²) in [6.07, 6.45) is 2.37. The van der Waals surface area contributed by atoms with Crippen molar-refractivity contribution in [1.82, 2.24) is 9.97 Å². The summed E-state index contributed by atoms with van der Waals surface area (Å²) in [7, 11) is 0. The summed E-state index contributed by atoms with van der Waals surface area (Å²) >= 11 is 0. The maximum Gasteiger partial charge on any atom is 0.356 e. The molecule has 1 aromatic heterocycles. The van der Waals surface area contributed by atoms with Gasteiger partial charge in [0.1, 0.15) is 5.75 Å². The molecule has 0 saturated heterocycles. The number of ether oxygens (including phenoxy) is 1. The topological polar surface area (TPSA) is 115 Å². The van der Waals surface area contributed by atoms with E-state index in [0.717, 1.165) is 6.20 Å². The Morgan fingerprint density at radius 1 is 1.29 bits per heavy atom. The van der Waals surface area contributed by atoms with E-state index in [2.05, 4.69) is 9.97 Å². The molecule has 21 heavy (non-hydrogen) atoms. The van der Waals surface area contributed by atoms with Crippen molar-refractivity contribution in [2.24, 2.45) is 0 Å². The molecular weight excluding hydrogens is 278 g/mol. The Hall–Kier alpha value is -3.03. The molecule has 0 atom stereocenters. The highest BCUT2D eigenvalue weighted by molar-refractivity contribution is 5.84. The number of nitrogens with zero attached hydrogens (tertiary/aromatic N) is 3. The minimum atomic E-state index is -1.22. The average molecular weight is 289 g/mol. The van der Waals surface area contributed by atoms with E-state index < -0.39 is 10.9 Å². The van der Waals surface area contributed by atoms with Gasteiger partial charge in [-0.05, 0) is 25.5 Å². The van der Waals surface area contributed by atoms with E-state index in [-0.39, 0.29) is 17.3 Å². The van der Waals surface area contributed by atoms with Gasteiger partial charge in [0.2, 0.25) is 5.88 Å². The van der Waals surface area contributed by atoms with Crippen molar-refractivity contribution in [1.29, 1.82) is 0 Å². The SMILES string of the molecule is Cc1cc([N+](=O)[O-])c(C)cc1Oc1cncc(C(=O)O)n1.